The molecule has 0 aliphatic carbocycles. The van der Waals surface area contributed by atoms with Crippen LogP contribution in [0.5, 0.6) is 11.5 Å². The largest absolute Gasteiger partial charge is 0.491 e. The highest BCUT2D eigenvalue weighted by Crippen LogP contribution is 2.27. The molecule has 2 N–H and O–H groups in total. The quantitative estimate of drug-likeness (QED) is 0.853. The fraction of sp³-hybridized carbons (Fsp3) is 0.278. The number of carbonyl (C=O) groups is 1. The van der Waals surface area contributed by atoms with Gasteiger partial charge in [-0.25, -0.2) is 4.39 Å². The van der Waals surface area contributed by atoms with Crippen LogP contribution < -0.4 is 14.8 Å². The summed E-state index contributed by atoms with van der Waals surface area (Å²) in [6.45, 7) is 0.0846. The summed E-state index contributed by atoms with van der Waals surface area (Å²) in [7, 11) is 0. The average molecular weight is 331 g/mol. The van der Waals surface area contributed by atoms with Crippen molar-refractivity contribution in [1.29, 1.82) is 0 Å². The lowest BCUT2D eigenvalue weighted by atomic mass is 10.0. The topological polar surface area (TPSA) is 67.8 Å². The highest BCUT2D eigenvalue weighted by atomic mass is 19.1. The molecule has 0 fully saturated rings. The van der Waals surface area contributed by atoms with E-state index in [9.17, 15) is 14.3 Å². The molecular formula is C18H18FNO4. The molecule has 24 heavy (non-hydrogen) atoms. The van der Waals surface area contributed by atoms with E-state index in [1.54, 1.807) is 6.07 Å². The van der Waals surface area contributed by atoms with Crippen molar-refractivity contribution in [3.05, 3.63) is 53.8 Å². The predicted molar refractivity (Wildman–Crippen MR) is 86.8 cm³/mol. The maximum absolute atomic E-state index is 12.8. The highest BCUT2D eigenvalue weighted by molar-refractivity contribution is 5.94. The fourth-order valence-electron chi connectivity index (χ4n) is 2.40. The second-order valence-corrected chi connectivity index (χ2v) is 5.60. The predicted octanol–water partition coefficient (Wildman–Crippen LogP) is 2.53. The molecule has 0 bridgehead atoms. The van der Waals surface area contributed by atoms with E-state index >= 15 is 0 Å². The van der Waals surface area contributed by atoms with Crippen LogP contribution in [0, 0.1) is 5.82 Å². The molecule has 2 aromatic rings. The van der Waals surface area contributed by atoms with Crippen molar-refractivity contribution in [2.75, 3.05) is 18.5 Å². The molecule has 6 heteroatoms. The number of benzene rings is 2. The maximum atomic E-state index is 12.8. The van der Waals surface area contributed by atoms with Gasteiger partial charge in [-0.05, 0) is 42.3 Å². The molecular weight excluding hydrogens is 313 g/mol. The summed E-state index contributed by atoms with van der Waals surface area (Å²) in [4.78, 5) is 11.4. The standard InChI is InChI=1S/C18H18FNO4/c19-13-3-6-15(7-4-13)23-10-14(21)11-24-16-5-1-12-2-8-18(22)20-17(12)9-16/h1,3-7,9,14,21H,2,8,10-11H2,(H,20,22). The molecule has 1 aliphatic rings. The molecule has 2 aromatic carbocycles. The van der Waals surface area contributed by atoms with E-state index < -0.39 is 6.10 Å². The summed E-state index contributed by atoms with van der Waals surface area (Å²) in [5.74, 6) is 0.696. The van der Waals surface area contributed by atoms with Crippen LogP contribution in [0.3, 0.4) is 0 Å². The van der Waals surface area contributed by atoms with Crippen molar-refractivity contribution in [3.63, 3.8) is 0 Å². The van der Waals surface area contributed by atoms with Crippen LogP contribution >= 0.6 is 0 Å². The first kappa shape index (κ1) is 16.3. The Morgan fingerprint density at radius 1 is 1.04 bits per heavy atom. The van der Waals surface area contributed by atoms with Crippen LogP contribution in [-0.2, 0) is 11.2 Å². The minimum absolute atomic E-state index is 0.00705. The molecule has 126 valence electrons. The van der Waals surface area contributed by atoms with Crippen molar-refractivity contribution in [1.82, 2.24) is 0 Å². The van der Waals surface area contributed by atoms with Gasteiger partial charge in [0.25, 0.3) is 0 Å². The first-order valence-corrected chi connectivity index (χ1v) is 7.72. The third-order valence-electron chi connectivity index (χ3n) is 3.68. The van der Waals surface area contributed by atoms with Crippen molar-refractivity contribution in [2.24, 2.45) is 0 Å². The molecule has 0 aromatic heterocycles. The summed E-state index contributed by atoms with van der Waals surface area (Å²) in [5.41, 5.74) is 1.82. The number of aryl methyl sites for hydroxylation is 1. The Morgan fingerprint density at radius 3 is 2.46 bits per heavy atom. The molecule has 5 nitrogen and oxygen atoms in total. The fourth-order valence-corrected chi connectivity index (χ4v) is 2.40. The molecule has 0 radical (unpaired) electrons. The van der Waals surface area contributed by atoms with Crippen LogP contribution in [0.2, 0.25) is 0 Å². The number of amides is 1. The Balaban J connectivity index is 1.49. The number of aliphatic hydroxyl groups excluding tert-OH is 1. The van der Waals surface area contributed by atoms with Crippen molar-refractivity contribution >= 4 is 11.6 Å². The summed E-state index contributed by atoms with van der Waals surface area (Å²) >= 11 is 0. The number of hydrogen-bond donors (Lipinski definition) is 2. The molecule has 1 atom stereocenters. The summed E-state index contributed by atoms with van der Waals surface area (Å²) in [6, 6.07) is 11.0. The zero-order valence-corrected chi connectivity index (χ0v) is 13.0. The third kappa shape index (κ3) is 4.23. The third-order valence-corrected chi connectivity index (χ3v) is 3.68. The average Bonchev–Trinajstić information content (AvgIpc) is 2.59. The number of anilines is 1. The number of ether oxygens (including phenoxy) is 2. The second kappa shape index (κ2) is 7.31. The van der Waals surface area contributed by atoms with Gasteiger partial charge in [-0.2, -0.15) is 0 Å². The van der Waals surface area contributed by atoms with Crippen LogP contribution in [0.25, 0.3) is 0 Å². The summed E-state index contributed by atoms with van der Waals surface area (Å²) in [6.07, 6.45) is 0.378. The van der Waals surface area contributed by atoms with Gasteiger partial charge in [0.2, 0.25) is 5.91 Å². The first-order valence-electron chi connectivity index (χ1n) is 7.72. The Hall–Kier alpha value is -2.60. The van der Waals surface area contributed by atoms with Crippen molar-refractivity contribution in [2.45, 2.75) is 18.9 Å². The number of rotatable bonds is 6. The summed E-state index contributed by atoms with van der Waals surface area (Å²) < 4.78 is 23.7. The van der Waals surface area contributed by atoms with Crippen LogP contribution in [-0.4, -0.2) is 30.3 Å². The zero-order valence-electron chi connectivity index (χ0n) is 13.0. The molecule has 0 saturated carbocycles. The van der Waals surface area contributed by atoms with Gasteiger partial charge in [0, 0.05) is 18.2 Å². The van der Waals surface area contributed by atoms with E-state index in [4.69, 9.17) is 9.47 Å². The highest BCUT2D eigenvalue weighted by Gasteiger charge is 2.15. The SMILES string of the molecule is O=C1CCc2ccc(OCC(O)COc3ccc(F)cc3)cc2N1. The lowest BCUT2D eigenvalue weighted by Crippen LogP contribution is -2.25. The lowest BCUT2D eigenvalue weighted by Gasteiger charge is -2.18. The molecule has 1 amide bonds. The van der Waals surface area contributed by atoms with Gasteiger partial charge in [0.15, 0.2) is 0 Å². The molecule has 1 aliphatic heterocycles. The molecule has 1 heterocycles. The minimum atomic E-state index is -0.833. The molecule has 0 saturated heterocycles. The van der Waals surface area contributed by atoms with Crippen LogP contribution in [0.15, 0.2) is 42.5 Å². The maximum Gasteiger partial charge on any atom is 0.224 e. The smallest absolute Gasteiger partial charge is 0.224 e. The zero-order chi connectivity index (χ0) is 16.9. The van der Waals surface area contributed by atoms with Gasteiger partial charge in [-0.3, -0.25) is 4.79 Å². The summed E-state index contributed by atoms with van der Waals surface area (Å²) in [5, 5.41) is 12.7. The van der Waals surface area contributed by atoms with Crippen LogP contribution in [0.4, 0.5) is 10.1 Å². The Labute approximate surface area is 139 Å². The number of fused-ring (bicyclic) bond motifs is 1. The van der Waals surface area contributed by atoms with Crippen LogP contribution in [0.1, 0.15) is 12.0 Å². The number of halogens is 1. The Bertz CT molecular complexity index is 717. The van der Waals surface area contributed by atoms with Gasteiger partial charge in [-0.15, -0.1) is 0 Å². The lowest BCUT2D eigenvalue weighted by molar-refractivity contribution is -0.116. The molecule has 3 rings (SSSR count). The van der Waals surface area contributed by atoms with Gasteiger partial charge in [0.05, 0.1) is 0 Å². The first-order chi connectivity index (χ1) is 11.6. The van der Waals surface area contributed by atoms with Gasteiger partial charge in [-0.1, -0.05) is 6.07 Å². The van der Waals surface area contributed by atoms with E-state index in [1.807, 2.05) is 12.1 Å². The van der Waals surface area contributed by atoms with E-state index in [0.29, 0.717) is 17.9 Å². The molecule has 1 unspecified atom stereocenters. The van der Waals surface area contributed by atoms with Gasteiger partial charge >= 0.3 is 0 Å². The normalized spacial score (nSPS) is 14.5. The van der Waals surface area contributed by atoms with E-state index in [0.717, 1.165) is 17.7 Å². The monoisotopic (exact) mass is 331 g/mol. The second-order valence-electron chi connectivity index (χ2n) is 5.60. The van der Waals surface area contributed by atoms with E-state index in [1.165, 1.54) is 24.3 Å². The molecule has 0 spiro atoms. The van der Waals surface area contributed by atoms with Gasteiger partial charge in [0.1, 0.15) is 36.6 Å². The number of nitrogens with one attached hydrogen (secondary N) is 1. The van der Waals surface area contributed by atoms with E-state index in [-0.39, 0.29) is 24.9 Å². The Morgan fingerprint density at radius 2 is 1.71 bits per heavy atom. The van der Waals surface area contributed by atoms with Gasteiger partial charge < -0.3 is 19.9 Å². The number of carbonyl (C=O) groups excluding carboxylic acids is 1. The van der Waals surface area contributed by atoms with E-state index in [2.05, 4.69) is 5.32 Å². The van der Waals surface area contributed by atoms with Crippen molar-refractivity contribution < 1.29 is 23.8 Å². The van der Waals surface area contributed by atoms with Crippen molar-refractivity contribution in [3.8, 4) is 11.5 Å². The number of hydrogen-bond acceptors (Lipinski definition) is 4. The minimum Gasteiger partial charge on any atom is -0.491 e. The Kier molecular flexibility index (Phi) is 4.96. The number of aliphatic hydroxyl groups is 1.